The average Bonchev–Trinajstić information content (AvgIpc) is 3.05. The first-order valence-corrected chi connectivity index (χ1v) is 16.9. The topological polar surface area (TPSA) is 96.0 Å². The van der Waals surface area contributed by atoms with Crippen LogP contribution in [0.15, 0.2) is 108 Å². The normalized spacial score (nSPS) is 12.0. The Morgan fingerprint density at radius 1 is 0.870 bits per heavy atom. The maximum atomic E-state index is 14.6. The molecule has 4 rings (SSSR count). The van der Waals surface area contributed by atoms with Gasteiger partial charge < -0.3 is 15.0 Å². The number of nitrogens with zero attached hydrogens (tertiary/aromatic N) is 2. The number of sulfonamides is 1. The number of amides is 2. The van der Waals surface area contributed by atoms with Crippen molar-refractivity contribution in [3.05, 3.63) is 125 Å². The number of nitrogens with one attached hydrogen (secondary N) is 1. The Balaban J connectivity index is 1.82. The molecule has 0 radical (unpaired) electrons. The van der Waals surface area contributed by atoms with Crippen molar-refractivity contribution in [1.29, 1.82) is 0 Å². The van der Waals surface area contributed by atoms with Crippen LogP contribution in [0.5, 0.6) is 5.75 Å². The zero-order valence-electron chi connectivity index (χ0n) is 26.5. The molecular formula is C36H40ClN3O5S. The lowest BCUT2D eigenvalue weighted by Gasteiger charge is -2.34. The van der Waals surface area contributed by atoms with Crippen molar-refractivity contribution in [3.63, 3.8) is 0 Å². The summed E-state index contributed by atoms with van der Waals surface area (Å²) in [7, 11) is -2.67. The third kappa shape index (κ3) is 8.89. The van der Waals surface area contributed by atoms with Gasteiger partial charge in [0.25, 0.3) is 10.0 Å². The Labute approximate surface area is 277 Å². The summed E-state index contributed by atoms with van der Waals surface area (Å²) in [6.45, 7) is 5.70. The molecule has 8 nitrogen and oxygen atoms in total. The van der Waals surface area contributed by atoms with Gasteiger partial charge in [-0.05, 0) is 72.0 Å². The fraction of sp³-hybridized carbons (Fsp3) is 0.278. The van der Waals surface area contributed by atoms with E-state index in [2.05, 4.69) is 5.32 Å². The maximum Gasteiger partial charge on any atom is 0.264 e. The van der Waals surface area contributed by atoms with Crippen LogP contribution in [0.2, 0.25) is 5.02 Å². The summed E-state index contributed by atoms with van der Waals surface area (Å²) in [6, 6.07) is 28.6. The zero-order chi connectivity index (χ0) is 33.3. The van der Waals surface area contributed by atoms with E-state index >= 15 is 0 Å². The largest absolute Gasteiger partial charge is 0.497 e. The fourth-order valence-electron chi connectivity index (χ4n) is 5.03. The smallest absolute Gasteiger partial charge is 0.264 e. The number of para-hydroxylation sites is 1. The summed E-state index contributed by atoms with van der Waals surface area (Å²) in [5, 5.41) is 3.39. The van der Waals surface area contributed by atoms with Crippen LogP contribution in [0.1, 0.15) is 30.5 Å². The number of ether oxygens (including phenoxy) is 1. The number of halogens is 1. The van der Waals surface area contributed by atoms with E-state index in [0.29, 0.717) is 28.6 Å². The van der Waals surface area contributed by atoms with E-state index in [4.69, 9.17) is 16.3 Å². The number of rotatable bonds is 14. The van der Waals surface area contributed by atoms with Crippen molar-refractivity contribution in [2.24, 2.45) is 5.92 Å². The lowest BCUT2D eigenvalue weighted by atomic mass is 10.0. The van der Waals surface area contributed by atoms with Crippen LogP contribution in [0.25, 0.3) is 0 Å². The van der Waals surface area contributed by atoms with Gasteiger partial charge in [0.1, 0.15) is 18.3 Å². The van der Waals surface area contributed by atoms with Crippen molar-refractivity contribution in [1.82, 2.24) is 10.2 Å². The minimum Gasteiger partial charge on any atom is -0.497 e. The first-order valence-electron chi connectivity index (χ1n) is 15.1. The number of hydrogen-bond acceptors (Lipinski definition) is 5. The number of aryl methyl sites for hydroxylation is 1. The molecule has 1 atom stereocenters. The molecule has 0 saturated carbocycles. The van der Waals surface area contributed by atoms with E-state index in [0.717, 1.165) is 15.4 Å². The highest BCUT2D eigenvalue weighted by atomic mass is 35.5. The van der Waals surface area contributed by atoms with E-state index in [1.165, 1.54) is 29.2 Å². The number of carbonyl (C=O) groups is 2. The van der Waals surface area contributed by atoms with Crippen molar-refractivity contribution in [2.45, 2.75) is 44.7 Å². The highest BCUT2D eigenvalue weighted by Crippen LogP contribution is 2.28. The Kier molecular flexibility index (Phi) is 11.8. The lowest BCUT2D eigenvalue weighted by molar-refractivity contribution is -0.140. The predicted octanol–water partition coefficient (Wildman–Crippen LogP) is 6.26. The number of methoxy groups -OCH3 is 1. The van der Waals surface area contributed by atoms with E-state index in [1.807, 2.05) is 56.3 Å². The van der Waals surface area contributed by atoms with Gasteiger partial charge in [0.2, 0.25) is 11.8 Å². The Morgan fingerprint density at radius 2 is 1.52 bits per heavy atom. The second-order valence-electron chi connectivity index (χ2n) is 11.5. The maximum absolute atomic E-state index is 14.6. The Hall–Kier alpha value is -4.34. The van der Waals surface area contributed by atoms with E-state index in [9.17, 15) is 18.0 Å². The van der Waals surface area contributed by atoms with Gasteiger partial charge in [-0.1, -0.05) is 86.1 Å². The molecule has 0 aliphatic heterocycles. The van der Waals surface area contributed by atoms with Gasteiger partial charge in [0.15, 0.2) is 0 Å². The first kappa shape index (κ1) is 34.5. The SMILES string of the molecule is COc1cccc(CN(C(=O)CN(c2ccccc2C)S(=O)(=O)c2ccc(Cl)cc2)[C@@H](Cc2ccccc2)C(=O)NCC(C)C)c1. The summed E-state index contributed by atoms with van der Waals surface area (Å²) in [4.78, 5) is 29.9. The number of anilines is 1. The first-order chi connectivity index (χ1) is 22.0. The molecule has 4 aromatic carbocycles. The van der Waals surface area contributed by atoms with E-state index in [1.54, 1.807) is 50.4 Å². The summed E-state index contributed by atoms with van der Waals surface area (Å²) in [5.41, 5.74) is 2.62. The van der Waals surface area contributed by atoms with E-state index < -0.39 is 28.5 Å². The second-order valence-corrected chi connectivity index (χ2v) is 13.8. The van der Waals surface area contributed by atoms with Gasteiger partial charge >= 0.3 is 0 Å². The van der Waals surface area contributed by atoms with Crippen molar-refractivity contribution >= 4 is 39.1 Å². The molecule has 1 N–H and O–H groups in total. The number of carbonyl (C=O) groups excluding carboxylic acids is 2. The predicted molar refractivity (Wildman–Crippen MR) is 182 cm³/mol. The molecule has 0 aliphatic rings. The molecule has 10 heteroatoms. The minimum atomic E-state index is -4.23. The van der Waals surface area contributed by atoms with Crippen LogP contribution in [-0.2, 0) is 32.6 Å². The summed E-state index contributed by atoms with van der Waals surface area (Å²) in [5.74, 6) is -0.0772. The van der Waals surface area contributed by atoms with Gasteiger partial charge in [-0.15, -0.1) is 0 Å². The molecule has 2 amide bonds. The minimum absolute atomic E-state index is 0.0113. The zero-order valence-corrected chi connectivity index (χ0v) is 28.1. The van der Waals surface area contributed by atoms with Crippen molar-refractivity contribution in [3.8, 4) is 5.75 Å². The fourth-order valence-corrected chi connectivity index (χ4v) is 6.64. The van der Waals surface area contributed by atoms with Crippen LogP contribution in [0.3, 0.4) is 0 Å². The molecule has 0 unspecified atom stereocenters. The standard InChI is InChI=1S/C36H40ClN3O5S/c1-26(2)23-38-36(42)34(22-28-12-6-5-7-13-28)39(24-29-14-10-15-31(21-29)45-4)35(41)25-40(33-16-9-8-11-27(33)3)46(43,44)32-19-17-30(37)18-20-32/h5-21,26,34H,22-25H2,1-4H3,(H,38,42)/t34-/m0/s1. The third-order valence-corrected chi connectivity index (χ3v) is 9.53. The quantitative estimate of drug-likeness (QED) is 0.172. The van der Waals surface area contributed by atoms with Crippen molar-refractivity contribution < 1.29 is 22.7 Å². The summed E-state index contributed by atoms with van der Waals surface area (Å²) in [6.07, 6.45) is 0.231. The molecule has 46 heavy (non-hydrogen) atoms. The molecule has 0 saturated heterocycles. The van der Waals surface area contributed by atoms with Gasteiger partial charge in [0, 0.05) is 24.5 Å². The highest BCUT2D eigenvalue weighted by Gasteiger charge is 2.35. The second kappa shape index (κ2) is 15.8. The van der Waals surface area contributed by atoms with Gasteiger partial charge in [-0.3, -0.25) is 13.9 Å². The molecule has 242 valence electrons. The van der Waals surface area contributed by atoms with Gasteiger partial charge in [0.05, 0.1) is 17.7 Å². The molecule has 0 fully saturated rings. The van der Waals surface area contributed by atoms with Crippen LogP contribution in [0.4, 0.5) is 5.69 Å². The molecule has 0 heterocycles. The molecule has 0 aromatic heterocycles. The molecule has 4 aromatic rings. The van der Waals surface area contributed by atoms with Crippen LogP contribution < -0.4 is 14.4 Å². The molecular weight excluding hydrogens is 622 g/mol. The Bertz CT molecular complexity index is 1730. The molecule has 0 aliphatic carbocycles. The summed E-state index contributed by atoms with van der Waals surface area (Å²) >= 11 is 6.07. The van der Waals surface area contributed by atoms with Gasteiger partial charge in [-0.25, -0.2) is 8.42 Å². The van der Waals surface area contributed by atoms with Crippen LogP contribution in [-0.4, -0.2) is 51.4 Å². The van der Waals surface area contributed by atoms with Crippen molar-refractivity contribution in [2.75, 3.05) is 24.5 Å². The molecule has 0 spiro atoms. The average molecular weight is 662 g/mol. The third-order valence-electron chi connectivity index (χ3n) is 7.51. The highest BCUT2D eigenvalue weighted by molar-refractivity contribution is 7.92. The van der Waals surface area contributed by atoms with Gasteiger partial charge in [-0.2, -0.15) is 0 Å². The molecule has 0 bridgehead atoms. The lowest BCUT2D eigenvalue weighted by Crippen LogP contribution is -2.53. The Morgan fingerprint density at radius 3 is 2.17 bits per heavy atom. The van der Waals surface area contributed by atoms with Crippen LogP contribution in [0, 0.1) is 12.8 Å². The number of hydrogen-bond donors (Lipinski definition) is 1. The monoisotopic (exact) mass is 661 g/mol. The summed E-state index contributed by atoms with van der Waals surface area (Å²) < 4.78 is 34.9. The number of benzene rings is 4. The van der Waals surface area contributed by atoms with E-state index in [-0.39, 0.29) is 29.7 Å². The van der Waals surface area contributed by atoms with Crippen LogP contribution >= 0.6 is 11.6 Å².